The van der Waals surface area contributed by atoms with Crippen molar-refractivity contribution in [3.05, 3.63) is 58.7 Å². The number of anilines is 1. The van der Waals surface area contributed by atoms with E-state index in [4.69, 9.17) is 0 Å². The fourth-order valence-corrected chi connectivity index (χ4v) is 4.43. The van der Waals surface area contributed by atoms with Gasteiger partial charge in [-0.15, -0.1) is 0 Å². The van der Waals surface area contributed by atoms with Gasteiger partial charge >= 0.3 is 6.03 Å². The predicted octanol–water partition coefficient (Wildman–Crippen LogP) is 1.92. The Balaban J connectivity index is 1.20. The molecular formula is C24H24N6O4. The van der Waals surface area contributed by atoms with Gasteiger partial charge in [-0.25, -0.2) is 9.79 Å². The largest absolute Gasteiger partial charge is 0.370 e. The highest BCUT2D eigenvalue weighted by molar-refractivity contribution is 6.05. The number of rotatable bonds is 4. The van der Waals surface area contributed by atoms with Crippen molar-refractivity contribution in [1.82, 2.24) is 20.9 Å². The number of aliphatic imine (C=N–C) groups is 1. The van der Waals surface area contributed by atoms with Crippen LogP contribution in [0.5, 0.6) is 0 Å². The van der Waals surface area contributed by atoms with Crippen LogP contribution in [0.4, 0.5) is 16.2 Å². The van der Waals surface area contributed by atoms with E-state index in [1.165, 1.54) is 4.90 Å². The van der Waals surface area contributed by atoms with E-state index >= 15 is 0 Å². The molecular weight excluding hydrogens is 436 g/mol. The lowest BCUT2D eigenvalue weighted by molar-refractivity contribution is -0.136. The number of nitrogens with zero attached hydrogens (tertiary/aromatic N) is 2. The van der Waals surface area contributed by atoms with Crippen LogP contribution in [-0.2, 0) is 29.2 Å². The number of fused-ring (bicyclic) bond motifs is 2. The first-order valence-corrected chi connectivity index (χ1v) is 11.1. The number of hydrogen-bond acceptors (Lipinski definition) is 6. The number of carbonyl (C=O) groups excluding carboxylic acids is 4. The molecule has 1 atom stereocenters. The Morgan fingerprint density at radius 2 is 2.00 bits per heavy atom. The Bertz CT molecular complexity index is 1250. The molecule has 5 rings (SSSR count). The molecule has 0 bridgehead atoms. The van der Waals surface area contributed by atoms with Crippen LogP contribution < -0.4 is 21.3 Å². The Hall–Kier alpha value is -4.21. The van der Waals surface area contributed by atoms with Gasteiger partial charge in [0, 0.05) is 37.3 Å². The van der Waals surface area contributed by atoms with Crippen molar-refractivity contribution in [3.63, 3.8) is 0 Å². The molecule has 1 fully saturated rings. The van der Waals surface area contributed by atoms with Crippen LogP contribution in [0.2, 0.25) is 0 Å². The van der Waals surface area contributed by atoms with Crippen LogP contribution in [0.1, 0.15) is 46.8 Å². The fraction of sp³-hybridized carbons (Fsp3) is 0.292. The van der Waals surface area contributed by atoms with E-state index in [9.17, 15) is 19.2 Å². The molecule has 0 aliphatic carbocycles. The molecule has 3 aliphatic heterocycles. The van der Waals surface area contributed by atoms with Gasteiger partial charge in [-0.1, -0.05) is 18.2 Å². The van der Waals surface area contributed by atoms with Gasteiger partial charge in [0.1, 0.15) is 6.04 Å². The van der Waals surface area contributed by atoms with Crippen molar-refractivity contribution >= 4 is 41.0 Å². The van der Waals surface area contributed by atoms with E-state index in [-0.39, 0.29) is 30.8 Å². The third-order valence-electron chi connectivity index (χ3n) is 6.21. The maximum Gasteiger partial charge on any atom is 0.319 e. The average molecular weight is 460 g/mol. The highest BCUT2D eigenvalue weighted by Crippen LogP contribution is 2.28. The van der Waals surface area contributed by atoms with Gasteiger partial charge in [0.15, 0.2) is 0 Å². The van der Waals surface area contributed by atoms with Crippen molar-refractivity contribution in [2.24, 2.45) is 4.99 Å². The zero-order valence-corrected chi connectivity index (χ0v) is 18.6. The monoisotopic (exact) mass is 460 g/mol. The Kier molecular flexibility index (Phi) is 5.48. The second kappa shape index (κ2) is 8.62. The summed E-state index contributed by atoms with van der Waals surface area (Å²) in [5.74, 6) is -0.134. The molecule has 4 N–H and O–H groups in total. The lowest BCUT2D eigenvalue weighted by Crippen LogP contribution is -2.52. The summed E-state index contributed by atoms with van der Waals surface area (Å²) >= 11 is 0. The smallest absolute Gasteiger partial charge is 0.319 e. The van der Waals surface area contributed by atoms with Gasteiger partial charge in [-0.3, -0.25) is 19.7 Å². The fourth-order valence-electron chi connectivity index (χ4n) is 4.43. The lowest BCUT2D eigenvalue weighted by atomic mass is 10.0. The molecule has 174 valence electrons. The number of hydrogen-bond donors (Lipinski definition) is 4. The molecule has 10 heteroatoms. The van der Waals surface area contributed by atoms with Gasteiger partial charge in [-0.2, -0.15) is 0 Å². The first kappa shape index (κ1) is 21.6. The van der Waals surface area contributed by atoms with E-state index in [1.54, 1.807) is 12.1 Å². The molecule has 0 spiro atoms. The Labute approximate surface area is 195 Å². The zero-order valence-electron chi connectivity index (χ0n) is 18.6. The van der Waals surface area contributed by atoms with Gasteiger partial charge in [-0.05, 0) is 48.2 Å². The molecule has 0 aromatic heterocycles. The summed E-state index contributed by atoms with van der Waals surface area (Å²) in [4.78, 5) is 54.8. The van der Waals surface area contributed by atoms with Crippen LogP contribution in [-0.4, -0.2) is 40.5 Å². The number of piperidine rings is 1. The summed E-state index contributed by atoms with van der Waals surface area (Å²) in [6.07, 6.45) is 0.539. The maximum absolute atomic E-state index is 12.8. The predicted molar refractivity (Wildman–Crippen MR) is 124 cm³/mol. The van der Waals surface area contributed by atoms with Crippen molar-refractivity contribution < 1.29 is 19.2 Å². The van der Waals surface area contributed by atoms with E-state index in [1.807, 2.05) is 31.2 Å². The van der Waals surface area contributed by atoms with E-state index < -0.39 is 11.9 Å². The van der Waals surface area contributed by atoms with Crippen molar-refractivity contribution in [2.45, 2.75) is 45.4 Å². The molecule has 1 unspecified atom stereocenters. The van der Waals surface area contributed by atoms with Gasteiger partial charge in [0.25, 0.3) is 5.91 Å². The summed E-state index contributed by atoms with van der Waals surface area (Å²) in [6.45, 7) is 3.17. The van der Waals surface area contributed by atoms with Crippen LogP contribution in [0.15, 0.2) is 41.4 Å². The van der Waals surface area contributed by atoms with Crippen molar-refractivity contribution in [1.29, 1.82) is 0 Å². The van der Waals surface area contributed by atoms with Crippen molar-refractivity contribution in [3.8, 4) is 0 Å². The third-order valence-corrected chi connectivity index (χ3v) is 6.21. The number of carbonyl (C=O) groups is 4. The minimum absolute atomic E-state index is 0.216. The standard InChI is InChI=1S/C24H24N6O4/c1-13-25-11-15-3-4-17(9-19(15)27-13)28-24(34)26-10-14-2-5-18-16(8-14)12-30(23(18)33)20-6-7-21(31)29-22(20)32/h2-5,8-9,20H,6-7,10-12H2,1H3,(H,25,27)(H2,26,28,34)(H,29,31,32). The van der Waals surface area contributed by atoms with Crippen LogP contribution >= 0.6 is 0 Å². The van der Waals surface area contributed by atoms with E-state index in [0.717, 1.165) is 28.2 Å². The van der Waals surface area contributed by atoms with E-state index in [2.05, 4.69) is 26.3 Å². The highest BCUT2D eigenvalue weighted by Gasteiger charge is 2.39. The van der Waals surface area contributed by atoms with Gasteiger partial charge in [0.2, 0.25) is 11.8 Å². The number of imide groups is 1. The summed E-state index contributed by atoms with van der Waals surface area (Å²) < 4.78 is 0. The number of amides is 5. The van der Waals surface area contributed by atoms with Gasteiger partial charge in [0.05, 0.1) is 11.5 Å². The van der Waals surface area contributed by atoms with Crippen LogP contribution in [0, 0.1) is 0 Å². The SMILES string of the molecule is CC1=Nc2cc(NC(=O)NCc3ccc4c(c3)CN(C3CCC(=O)NC3=O)C4=O)ccc2CN1. The number of nitrogens with one attached hydrogen (secondary N) is 4. The summed E-state index contributed by atoms with van der Waals surface area (Å²) in [7, 11) is 0. The molecule has 5 amide bonds. The maximum atomic E-state index is 12.8. The quantitative estimate of drug-likeness (QED) is 0.518. The molecule has 10 nitrogen and oxygen atoms in total. The Morgan fingerprint density at radius 3 is 2.82 bits per heavy atom. The third kappa shape index (κ3) is 4.21. The zero-order chi connectivity index (χ0) is 23.8. The minimum atomic E-state index is -0.648. The lowest BCUT2D eigenvalue weighted by Gasteiger charge is -2.29. The van der Waals surface area contributed by atoms with Crippen LogP contribution in [0.3, 0.4) is 0 Å². The first-order chi connectivity index (χ1) is 16.4. The normalized spacial score (nSPS) is 19.0. The van der Waals surface area contributed by atoms with Crippen molar-refractivity contribution in [2.75, 3.05) is 5.32 Å². The summed E-state index contributed by atoms with van der Waals surface area (Å²) in [5, 5.41) is 11.1. The molecule has 34 heavy (non-hydrogen) atoms. The number of benzene rings is 2. The average Bonchev–Trinajstić information content (AvgIpc) is 3.13. The molecule has 0 saturated carbocycles. The second-order valence-corrected chi connectivity index (χ2v) is 8.59. The van der Waals surface area contributed by atoms with Crippen LogP contribution in [0.25, 0.3) is 0 Å². The molecule has 2 aromatic rings. The highest BCUT2D eigenvalue weighted by atomic mass is 16.2. The van der Waals surface area contributed by atoms with Gasteiger partial charge < -0.3 is 20.9 Å². The second-order valence-electron chi connectivity index (χ2n) is 8.59. The molecule has 3 aliphatic rings. The topological polar surface area (TPSA) is 132 Å². The number of urea groups is 1. The molecule has 0 radical (unpaired) electrons. The minimum Gasteiger partial charge on any atom is -0.370 e. The Morgan fingerprint density at radius 1 is 1.15 bits per heavy atom. The molecule has 3 heterocycles. The summed E-state index contributed by atoms with van der Waals surface area (Å²) in [5.41, 5.74) is 4.72. The first-order valence-electron chi connectivity index (χ1n) is 11.1. The number of amidine groups is 1. The molecule has 2 aromatic carbocycles. The molecule has 1 saturated heterocycles. The van der Waals surface area contributed by atoms with E-state index in [0.29, 0.717) is 30.8 Å². The summed E-state index contributed by atoms with van der Waals surface area (Å²) in [6, 6.07) is 9.97.